The lowest BCUT2D eigenvalue weighted by Crippen LogP contribution is -2.28. The number of hydrogen-bond acceptors (Lipinski definition) is 4. The Labute approximate surface area is 100 Å². The average Bonchev–Trinajstić information content (AvgIpc) is 2.32. The van der Waals surface area contributed by atoms with E-state index in [2.05, 4.69) is 0 Å². The van der Waals surface area contributed by atoms with E-state index >= 15 is 0 Å². The first-order valence-electron chi connectivity index (χ1n) is 5.32. The Morgan fingerprint density at radius 1 is 1.35 bits per heavy atom. The van der Waals surface area contributed by atoms with E-state index in [0.29, 0.717) is 18.7 Å². The molecule has 0 saturated carbocycles. The Balaban J connectivity index is 2.65. The second-order valence-electron chi connectivity index (χ2n) is 3.78. The van der Waals surface area contributed by atoms with Gasteiger partial charge in [-0.25, -0.2) is 0 Å². The van der Waals surface area contributed by atoms with Crippen LogP contribution in [0.25, 0.3) is 0 Å². The molecule has 0 aliphatic rings. The highest BCUT2D eigenvalue weighted by atomic mass is 16.5. The molecule has 0 atom stereocenters. The van der Waals surface area contributed by atoms with Crippen molar-refractivity contribution < 1.29 is 19.7 Å². The Morgan fingerprint density at radius 2 is 2.06 bits per heavy atom. The van der Waals surface area contributed by atoms with Gasteiger partial charge in [-0.1, -0.05) is 0 Å². The van der Waals surface area contributed by atoms with Crippen molar-refractivity contribution in [3.63, 3.8) is 0 Å². The first-order valence-corrected chi connectivity index (χ1v) is 5.32. The van der Waals surface area contributed by atoms with Crippen LogP contribution in [0.2, 0.25) is 0 Å². The van der Waals surface area contributed by atoms with Crippen molar-refractivity contribution in [1.82, 2.24) is 4.90 Å². The van der Waals surface area contributed by atoms with Gasteiger partial charge < -0.3 is 19.8 Å². The van der Waals surface area contributed by atoms with Gasteiger partial charge in [-0.2, -0.15) is 0 Å². The number of carbonyl (C=O) groups excluding carboxylic acids is 1. The molecule has 5 heteroatoms. The standard InChI is InChI=1S/C12H17NO4/c1-13(6-3-7-17-2)12(16)9-4-5-10(14)11(15)8-9/h4-5,8,14-15H,3,6-7H2,1-2H3. The van der Waals surface area contributed by atoms with Crippen molar-refractivity contribution in [1.29, 1.82) is 0 Å². The van der Waals surface area contributed by atoms with E-state index in [4.69, 9.17) is 9.84 Å². The zero-order valence-corrected chi connectivity index (χ0v) is 10.0. The van der Waals surface area contributed by atoms with Crippen LogP contribution < -0.4 is 0 Å². The van der Waals surface area contributed by atoms with Crippen LogP contribution in [0.15, 0.2) is 18.2 Å². The quantitative estimate of drug-likeness (QED) is 0.598. The van der Waals surface area contributed by atoms with E-state index in [1.807, 2.05) is 0 Å². The minimum Gasteiger partial charge on any atom is -0.504 e. The number of ether oxygens (including phenoxy) is 1. The van der Waals surface area contributed by atoms with Crippen molar-refractivity contribution in [3.8, 4) is 11.5 Å². The van der Waals surface area contributed by atoms with Crippen LogP contribution in [-0.2, 0) is 4.74 Å². The molecule has 0 spiro atoms. The second-order valence-corrected chi connectivity index (χ2v) is 3.78. The monoisotopic (exact) mass is 239 g/mol. The second kappa shape index (κ2) is 6.10. The van der Waals surface area contributed by atoms with E-state index in [9.17, 15) is 9.90 Å². The predicted octanol–water partition coefficient (Wildman–Crippen LogP) is 1.21. The molecule has 5 nitrogen and oxygen atoms in total. The normalized spacial score (nSPS) is 10.2. The molecule has 1 rings (SSSR count). The molecule has 17 heavy (non-hydrogen) atoms. The lowest BCUT2D eigenvalue weighted by atomic mass is 10.2. The molecule has 0 saturated heterocycles. The van der Waals surface area contributed by atoms with Crippen molar-refractivity contribution in [2.75, 3.05) is 27.3 Å². The summed E-state index contributed by atoms with van der Waals surface area (Å²) >= 11 is 0. The Kier molecular flexibility index (Phi) is 4.78. The number of hydrogen-bond donors (Lipinski definition) is 2. The van der Waals surface area contributed by atoms with Gasteiger partial charge in [0, 0.05) is 32.9 Å². The summed E-state index contributed by atoms with van der Waals surface area (Å²) in [5, 5.41) is 18.5. The summed E-state index contributed by atoms with van der Waals surface area (Å²) in [5.41, 5.74) is 0.347. The van der Waals surface area contributed by atoms with Crippen LogP contribution in [0, 0.1) is 0 Å². The molecule has 94 valence electrons. The van der Waals surface area contributed by atoms with Gasteiger partial charge in [0.2, 0.25) is 0 Å². The third-order valence-corrected chi connectivity index (χ3v) is 2.41. The van der Waals surface area contributed by atoms with Gasteiger partial charge in [0.15, 0.2) is 11.5 Å². The van der Waals surface area contributed by atoms with Crippen LogP contribution in [0.3, 0.4) is 0 Å². The smallest absolute Gasteiger partial charge is 0.253 e. The third kappa shape index (κ3) is 3.64. The van der Waals surface area contributed by atoms with Gasteiger partial charge in [-0.05, 0) is 24.6 Å². The topological polar surface area (TPSA) is 70.0 Å². The van der Waals surface area contributed by atoms with Crippen LogP contribution in [0.5, 0.6) is 11.5 Å². The lowest BCUT2D eigenvalue weighted by Gasteiger charge is -2.17. The van der Waals surface area contributed by atoms with Gasteiger partial charge in [-0.15, -0.1) is 0 Å². The summed E-state index contributed by atoms with van der Waals surface area (Å²) in [6, 6.07) is 4.03. The van der Waals surface area contributed by atoms with Crippen LogP contribution in [-0.4, -0.2) is 48.3 Å². The van der Waals surface area contributed by atoms with E-state index in [0.717, 1.165) is 6.42 Å². The fourth-order valence-corrected chi connectivity index (χ4v) is 1.42. The predicted molar refractivity (Wildman–Crippen MR) is 63.2 cm³/mol. The molecule has 1 amide bonds. The number of nitrogens with zero attached hydrogens (tertiary/aromatic N) is 1. The van der Waals surface area contributed by atoms with E-state index in [1.54, 1.807) is 19.1 Å². The molecule has 0 aromatic heterocycles. The maximum Gasteiger partial charge on any atom is 0.253 e. The molecular weight excluding hydrogens is 222 g/mol. The number of aromatic hydroxyl groups is 2. The van der Waals surface area contributed by atoms with Crippen LogP contribution in [0.4, 0.5) is 0 Å². The molecule has 0 aliphatic carbocycles. The van der Waals surface area contributed by atoms with Crippen molar-refractivity contribution in [2.45, 2.75) is 6.42 Å². The number of methoxy groups -OCH3 is 1. The maximum absolute atomic E-state index is 11.9. The average molecular weight is 239 g/mol. The zero-order chi connectivity index (χ0) is 12.8. The van der Waals surface area contributed by atoms with Crippen molar-refractivity contribution in [2.24, 2.45) is 0 Å². The molecule has 0 radical (unpaired) electrons. The summed E-state index contributed by atoms with van der Waals surface area (Å²) in [5.74, 6) is -0.721. The van der Waals surface area contributed by atoms with E-state index in [1.165, 1.54) is 18.2 Å². The van der Waals surface area contributed by atoms with Crippen LogP contribution >= 0.6 is 0 Å². The van der Waals surface area contributed by atoms with Crippen molar-refractivity contribution in [3.05, 3.63) is 23.8 Å². The highest BCUT2D eigenvalue weighted by Crippen LogP contribution is 2.25. The third-order valence-electron chi connectivity index (χ3n) is 2.41. The number of carbonyl (C=O) groups is 1. The van der Waals surface area contributed by atoms with Gasteiger partial charge in [-0.3, -0.25) is 4.79 Å². The number of rotatable bonds is 5. The van der Waals surface area contributed by atoms with Crippen LogP contribution in [0.1, 0.15) is 16.8 Å². The van der Waals surface area contributed by atoms with E-state index in [-0.39, 0.29) is 17.4 Å². The molecule has 0 aliphatic heterocycles. The summed E-state index contributed by atoms with van der Waals surface area (Å²) in [6.45, 7) is 1.17. The molecule has 0 heterocycles. The van der Waals surface area contributed by atoms with Crippen molar-refractivity contribution >= 4 is 5.91 Å². The molecule has 1 aromatic carbocycles. The van der Waals surface area contributed by atoms with Gasteiger partial charge in [0.05, 0.1) is 0 Å². The molecule has 1 aromatic rings. The zero-order valence-electron chi connectivity index (χ0n) is 10.0. The lowest BCUT2D eigenvalue weighted by molar-refractivity contribution is 0.0779. The van der Waals surface area contributed by atoms with Gasteiger partial charge in [0.1, 0.15) is 0 Å². The number of phenols is 2. The highest BCUT2D eigenvalue weighted by Gasteiger charge is 2.13. The van der Waals surface area contributed by atoms with Gasteiger partial charge in [0.25, 0.3) is 5.91 Å². The Morgan fingerprint density at radius 3 is 2.65 bits per heavy atom. The molecule has 0 unspecified atom stereocenters. The SMILES string of the molecule is COCCCN(C)C(=O)c1ccc(O)c(O)c1. The maximum atomic E-state index is 11.9. The fourth-order valence-electron chi connectivity index (χ4n) is 1.42. The summed E-state index contributed by atoms with van der Waals surface area (Å²) < 4.78 is 4.90. The number of benzene rings is 1. The number of amides is 1. The summed E-state index contributed by atoms with van der Waals surface area (Å²) in [6.07, 6.45) is 0.753. The first kappa shape index (κ1) is 13.3. The Bertz CT molecular complexity index is 392. The summed E-state index contributed by atoms with van der Waals surface area (Å²) in [4.78, 5) is 13.4. The van der Waals surface area contributed by atoms with Gasteiger partial charge >= 0.3 is 0 Å². The Hall–Kier alpha value is -1.75. The van der Waals surface area contributed by atoms with E-state index < -0.39 is 0 Å². The molecular formula is C12H17NO4. The minimum atomic E-state index is -0.291. The minimum absolute atomic E-state index is 0.198. The molecule has 0 fully saturated rings. The first-order chi connectivity index (χ1) is 8.06. The number of phenolic OH excluding ortho intramolecular Hbond substituents is 2. The fraction of sp³-hybridized carbons (Fsp3) is 0.417. The summed E-state index contributed by atoms with van der Waals surface area (Å²) in [7, 11) is 3.29. The largest absolute Gasteiger partial charge is 0.504 e. The molecule has 0 bridgehead atoms. The molecule has 2 N–H and O–H groups in total. The highest BCUT2D eigenvalue weighted by molar-refractivity contribution is 5.94.